The number of fused-ring (bicyclic) bond motifs is 5. The van der Waals surface area contributed by atoms with Crippen molar-refractivity contribution in [1.82, 2.24) is 14.5 Å². The van der Waals surface area contributed by atoms with Gasteiger partial charge < -0.3 is 9.55 Å². The molecule has 65 heavy (non-hydrogen) atoms. The minimum absolute atomic E-state index is 0. The van der Waals surface area contributed by atoms with Crippen LogP contribution in [0, 0.1) is 25.2 Å². The Kier molecular flexibility index (Phi) is 10.6. The Morgan fingerprint density at radius 3 is 1.91 bits per heavy atom. The van der Waals surface area contributed by atoms with E-state index in [2.05, 4.69) is 198 Å². The zero-order valence-electron chi connectivity index (χ0n) is 38.3. The Morgan fingerprint density at radius 2 is 1.20 bits per heavy atom. The molecule has 5 heteroatoms. The Hall–Kier alpha value is -7.27. The summed E-state index contributed by atoms with van der Waals surface area (Å²) in [6, 6.07) is 75.1. The Morgan fingerprint density at radius 1 is 0.554 bits per heavy atom. The average molecular weight is 1030 g/mol. The summed E-state index contributed by atoms with van der Waals surface area (Å²) in [7, 11) is 0. The Labute approximate surface area is 400 Å². The third kappa shape index (κ3) is 8.11. The summed E-state index contributed by atoms with van der Waals surface area (Å²) in [6.45, 7) is 0.0960. The molecule has 0 N–H and O–H groups in total. The maximum absolute atomic E-state index is 7.23. The van der Waals surface area contributed by atoms with Gasteiger partial charge in [0.05, 0.1) is 22.5 Å². The smallest absolute Gasteiger partial charge is 0.0774 e. The number of aryl methyl sites for hydroxylation is 2. The van der Waals surface area contributed by atoms with Crippen molar-refractivity contribution in [3.63, 3.8) is 0 Å². The van der Waals surface area contributed by atoms with Gasteiger partial charge in [-0.05, 0) is 105 Å². The molecule has 0 aliphatic heterocycles. The van der Waals surface area contributed by atoms with Crippen LogP contribution in [-0.4, -0.2) is 14.5 Å². The van der Waals surface area contributed by atoms with Crippen molar-refractivity contribution < 1.29 is 24.2 Å². The summed E-state index contributed by atoms with van der Waals surface area (Å²) in [5.74, 6) is 0.891. The van der Waals surface area contributed by atoms with Gasteiger partial charge in [-0.3, -0.25) is 16.3 Å². The van der Waals surface area contributed by atoms with Crippen molar-refractivity contribution in [2.45, 2.75) is 13.8 Å². The van der Waals surface area contributed by atoms with Crippen LogP contribution in [-0.2, 0) is 20.1 Å². The number of benzene rings is 9. The first kappa shape index (κ1) is 38.2. The molecule has 3 nitrogen and oxygen atoms in total. The van der Waals surface area contributed by atoms with Gasteiger partial charge in [-0.25, -0.2) is 0 Å². The molecular weight excluding hydrogens is 987 g/mol. The van der Waals surface area contributed by atoms with E-state index >= 15 is 0 Å². The van der Waals surface area contributed by atoms with Gasteiger partial charge in [0.15, 0.2) is 0 Å². The predicted molar refractivity (Wildman–Crippen MR) is 270 cm³/mol. The van der Waals surface area contributed by atoms with Crippen LogP contribution in [0.2, 0.25) is 0 Å². The molecule has 0 saturated heterocycles. The van der Waals surface area contributed by atoms with Gasteiger partial charge in [0.1, 0.15) is 0 Å². The molecule has 3 heterocycles. The second-order valence-electron chi connectivity index (χ2n) is 15.9. The normalized spacial score (nSPS) is 12.0. The Bertz CT molecular complexity index is 3670. The van der Waals surface area contributed by atoms with Crippen molar-refractivity contribution in [2.75, 3.05) is 0 Å². The third-order valence-electron chi connectivity index (χ3n) is 11.8. The average Bonchev–Trinajstić information content (AvgIpc) is 3.98. The molecule has 0 aliphatic rings. The van der Waals surface area contributed by atoms with E-state index in [4.69, 9.17) is 9.10 Å². The molecule has 0 fully saturated rings. The number of para-hydroxylation sites is 2. The van der Waals surface area contributed by atoms with Crippen LogP contribution >= 0.6 is 11.3 Å². The van der Waals surface area contributed by atoms with Crippen molar-refractivity contribution in [3.8, 4) is 61.7 Å². The van der Waals surface area contributed by atoms with E-state index in [1.165, 1.54) is 71.4 Å². The fourth-order valence-corrected chi connectivity index (χ4v) is 9.54. The minimum atomic E-state index is -2.09. The molecule has 0 aliphatic carbocycles. The molecule has 3 aromatic heterocycles. The molecule has 0 amide bonds. The Balaban J connectivity index is 0.000000270. The van der Waals surface area contributed by atoms with E-state index in [1.54, 1.807) is 29.5 Å². The van der Waals surface area contributed by atoms with E-state index in [-0.39, 0.29) is 25.7 Å². The van der Waals surface area contributed by atoms with E-state index < -0.39 is 6.85 Å². The first-order valence-corrected chi connectivity index (χ1v) is 22.1. The maximum Gasteiger partial charge on any atom is 0.0774 e. The van der Waals surface area contributed by atoms with Crippen LogP contribution < -0.4 is 0 Å². The summed E-state index contributed by atoms with van der Waals surface area (Å²) in [5.41, 5.74) is 14.3. The zero-order valence-corrected chi connectivity index (χ0v) is 38.5. The van der Waals surface area contributed by atoms with Crippen LogP contribution in [0.15, 0.2) is 212 Å². The molecule has 0 bridgehead atoms. The number of rotatable bonds is 6. The summed E-state index contributed by atoms with van der Waals surface area (Å²) in [6.07, 6.45) is 1.39. The van der Waals surface area contributed by atoms with Gasteiger partial charge in [0.2, 0.25) is 0 Å². The molecule has 313 valence electrons. The van der Waals surface area contributed by atoms with E-state index in [0.29, 0.717) is 0 Å². The molecule has 12 aromatic rings. The molecule has 0 spiro atoms. The van der Waals surface area contributed by atoms with Crippen LogP contribution in [0.3, 0.4) is 0 Å². The van der Waals surface area contributed by atoms with Crippen molar-refractivity contribution in [1.29, 1.82) is 0 Å². The topological polar surface area (TPSA) is 30.7 Å². The van der Waals surface area contributed by atoms with Gasteiger partial charge in [0, 0.05) is 41.5 Å². The summed E-state index contributed by atoms with van der Waals surface area (Å²) >= 11 is 1.66. The number of nitrogens with zero attached hydrogens (tertiary/aromatic N) is 3. The number of aromatic nitrogens is 3. The van der Waals surface area contributed by atoms with Gasteiger partial charge in [-0.2, -0.15) is 0 Å². The van der Waals surface area contributed by atoms with Crippen LogP contribution in [0.25, 0.3) is 104 Å². The summed E-state index contributed by atoms with van der Waals surface area (Å²) in [5, 5.41) is 9.93. The molecule has 0 unspecified atom stereocenters. The van der Waals surface area contributed by atoms with Crippen molar-refractivity contribution in [2.24, 2.45) is 0 Å². The van der Waals surface area contributed by atoms with Gasteiger partial charge >= 0.3 is 0 Å². The fourth-order valence-electron chi connectivity index (χ4n) is 8.72. The van der Waals surface area contributed by atoms with E-state index in [0.717, 1.165) is 44.8 Å². The first-order valence-electron chi connectivity index (χ1n) is 22.8. The van der Waals surface area contributed by atoms with Crippen LogP contribution in [0.4, 0.5) is 0 Å². The number of pyridine rings is 1. The number of hydrogen-bond acceptors (Lipinski definition) is 3. The predicted octanol–water partition coefficient (Wildman–Crippen LogP) is 16.2. The van der Waals surface area contributed by atoms with Gasteiger partial charge in [-0.15, -0.1) is 41.3 Å². The summed E-state index contributed by atoms with van der Waals surface area (Å²) in [4.78, 5) is 9.51. The van der Waals surface area contributed by atoms with Crippen LogP contribution in [0.1, 0.15) is 15.2 Å². The largest absolute Gasteiger partial charge is 0.332 e. The SMILES string of the molecule is Cc1cc(-c2ccccc2)c(-n2c(-c3[c-]sc4ccc(-c5ccc6ccc7ccccc7c6c5)cc34)nc3ccccc32)c(-c2ccccc2)c1.[2H]C([2H])([2H])c1ccc(-c2[c-]cccc2)nc1.[Ir]. The number of thiophene rings is 1. The van der Waals surface area contributed by atoms with Gasteiger partial charge in [-0.1, -0.05) is 167 Å². The second-order valence-corrected chi connectivity index (χ2v) is 16.8. The van der Waals surface area contributed by atoms with Crippen LogP contribution in [0.5, 0.6) is 0 Å². The van der Waals surface area contributed by atoms with E-state index in [9.17, 15) is 0 Å². The standard InChI is InChI=1S/C48H31N2S.C12H10N.Ir/c1-31-26-40(32-12-4-2-5-13-32)47(41(27-31)33-14-6-3-7-15-33)50-45-19-11-10-18-44(45)49-48(50)43-30-51-46-25-24-37(29-42(43)46)36-23-22-35-21-20-34-16-8-9-17-38(34)39(35)28-36;1-10-7-8-12(13-9-10)11-5-3-2-4-6-11;/h2-29H,1H3;2-5,7-9H,1H3;/q2*-1;/i;1D3;. The van der Waals surface area contributed by atoms with Crippen molar-refractivity contribution in [3.05, 3.63) is 235 Å². The summed E-state index contributed by atoms with van der Waals surface area (Å²) < 4.78 is 25.3. The van der Waals surface area contributed by atoms with Gasteiger partial charge in [0.25, 0.3) is 0 Å². The molecule has 0 atom stereocenters. The molecular formula is C60H41IrN3S-2. The minimum Gasteiger partial charge on any atom is -0.332 e. The molecule has 9 aromatic carbocycles. The number of imidazole rings is 1. The number of hydrogen-bond donors (Lipinski definition) is 0. The zero-order chi connectivity index (χ0) is 45.5. The fraction of sp³-hybridized carbons (Fsp3) is 0.0333. The van der Waals surface area contributed by atoms with E-state index in [1.807, 2.05) is 18.2 Å². The first-order chi connectivity index (χ1) is 32.8. The maximum atomic E-state index is 7.23. The molecule has 0 saturated carbocycles. The molecule has 12 rings (SSSR count). The van der Waals surface area contributed by atoms with Crippen molar-refractivity contribution >= 4 is 54.0 Å². The second kappa shape index (κ2) is 18.1. The third-order valence-corrected chi connectivity index (χ3v) is 12.7. The monoisotopic (exact) mass is 1030 g/mol. The molecule has 1 radical (unpaired) electrons. The quantitative estimate of drug-likeness (QED) is 0.123.